The monoisotopic (exact) mass is 282 g/mol. The molecular weight excluding hydrogens is 256 g/mol. The average Bonchev–Trinajstić information content (AvgIpc) is 2.80. The Labute approximate surface area is 121 Å². The summed E-state index contributed by atoms with van der Waals surface area (Å²) in [7, 11) is 1.79. The van der Waals surface area contributed by atoms with Gasteiger partial charge in [0.2, 0.25) is 11.8 Å². The minimum absolute atomic E-state index is 0.0804. The normalized spacial score (nSPS) is 29.7. The van der Waals surface area contributed by atoms with E-state index in [1.54, 1.807) is 7.11 Å². The first-order chi connectivity index (χ1) is 9.57. The number of carbonyl (C=O) groups excluding carboxylic acids is 2. The zero-order chi connectivity index (χ0) is 14.6. The number of nitrogens with zero attached hydrogens (tertiary/aromatic N) is 1. The van der Waals surface area contributed by atoms with Crippen LogP contribution in [-0.2, 0) is 14.3 Å². The van der Waals surface area contributed by atoms with Gasteiger partial charge in [-0.15, -0.1) is 0 Å². The smallest absolute Gasteiger partial charge is 0.224 e. The van der Waals surface area contributed by atoms with Crippen molar-refractivity contribution < 1.29 is 14.3 Å². The summed E-state index contributed by atoms with van der Waals surface area (Å²) in [4.78, 5) is 25.1. The van der Waals surface area contributed by atoms with Crippen molar-refractivity contribution in [1.82, 2.24) is 10.2 Å². The van der Waals surface area contributed by atoms with Crippen molar-refractivity contribution in [3.8, 4) is 0 Å². The van der Waals surface area contributed by atoms with Crippen LogP contribution >= 0.6 is 0 Å². The molecule has 1 heterocycles. The van der Waals surface area contributed by atoms with Crippen LogP contribution in [0, 0.1) is 5.41 Å². The third-order valence-corrected chi connectivity index (χ3v) is 4.78. The molecule has 1 aliphatic heterocycles. The van der Waals surface area contributed by atoms with Crippen molar-refractivity contribution in [2.45, 2.75) is 51.6 Å². The van der Waals surface area contributed by atoms with Gasteiger partial charge < -0.3 is 15.0 Å². The first-order valence-electron chi connectivity index (χ1n) is 7.62. The number of likely N-dealkylation sites (tertiary alicyclic amines) is 1. The molecule has 0 aromatic carbocycles. The zero-order valence-electron chi connectivity index (χ0n) is 12.6. The van der Waals surface area contributed by atoms with Gasteiger partial charge in [0.05, 0.1) is 6.10 Å². The van der Waals surface area contributed by atoms with Gasteiger partial charge in [0.15, 0.2) is 0 Å². The van der Waals surface area contributed by atoms with Crippen molar-refractivity contribution >= 4 is 11.8 Å². The van der Waals surface area contributed by atoms with Crippen LogP contribution < -0.4 is 5.32 Å². The van der Waals surface area contributed by atoms with E-state index >= 15 is 0 Å². The van der Waals surface area contributed by atoms with Gasteiger partial charge in [0, 0.05) is 45.5 Å². The molecule has 1 saturated heterocycles. The molecule has 2 amide bonds. The maximum Gasteiger partial charge on any atom is 0.224 e. The van der Waals surface area contributed by atoms with E-state index in [4.69, 9.17) is 4.74 Å². The highest BCUT2D eigenvalue weighted by atomic mass is 16.5. The Morgan fingerprint density at radius 1 is 1.35 bits per heavy atom. The van der Waals surface area contributed by atoms with Crippen LogP contribution in [0.25, 0.3) is 0 Å². The van der Waals surface area contributed by atoms with Crippen LogP contribution in [0.3, 0.4) is 0 Å². The van der Waals surface area contributed by atoms with E-state index in [0.29, 0.717) is 19.1 Å². The maximum atomic E-state index is 12.2. The van der Waals surface area contributed by atoms with Gasteiger partial charge in [-0.2, -0.15) is 0 Å². The Morgan fingerprint density at radius 2 is 2.10 bits per heavy atom. The second kappa shape index (κ2) is 6.57. The first-order valence-corrected chi connectivity index (χ1v) is 7.62. The quantitative estimate of drug-likeness (QED) is 0.846. The maximum absolute atomic E-state index is 12.2. The largest absolute Gasteiger partial charge is 0.381 e. The predicted octanol–water partition coefficient (Wildman–Crippen LogP) is 1.32. The molecule has 1 spiro atoms. The predicted molar refractivity (Wildman–Crippen MR) is 76.2 cm³/mol. The number of hydrogen-bond acceptors (Lipinski definition) is 3. The fourth-order valence-electron chi connectivity index (χ4n) is 3.82. The molecule has 2 rings (SSSR count). The van der Waals surface area contributed by atoms with E-state index in [-0.39, 0.29) is 17.2 Å². The topological polar surface area (TPSA) is 58.6 Å². The third kappa shape index (κ3) is 3.32. The van der Waals surface area contributed by atoms with Crippen LogP contribution in [0.5, 0.6) is 0 Å². The van der Waals surface area contributed by atoms with E-state index < -0.39 is 0 Å². The summed E-state index contributed by atoms with van der Waals surface area (Å²) in [6.45, 7) is 3.58. The van der Waals surface area contributed by atoms with Crippen LogP contribution in [0.2, 0.25) is 0 Å². The molecule has 2 fully saturated rings. The first kappa shape index (κ1) is 15.3. The third-order valence-electron chi connectivity index (χ3n) is 4.78. The number of carbonyl (C=O) groups is 2. The van der Waals surface area contributed by atoms with Crippen LogP contribution in [0.15, 0.2) is 0 Å². The molecule has 5 heteroatoms. The minimum atomic E-state index is -0.0804. The Balaban J connectivity index is 1.89. The van der Waals surface area contributed by atoms with Crippen molar-refractivity contribution in [2.75, 3.05) is 26.7 Å². The van der Waals surface area contributed by atoms with Gasteiger partial charge in [-0.1, -0.05) is 6.42 Å². The number of ether oxygens (including phenoxy) is 1. The van der Waals surface area contributed by atoms with E-state index in [1.165, 1.54) is 26.2 Å². The van der Waals surface area contributed by atoms with Gasteiger partial charge in [-0.05, 0) is 25.7 Å². The Kier molecular flexibility index (Phi) is 5.02. The number of amides is 2. The molecule has 20 heavy (non-hydrogen) atoms. The van der Waals surface area contributed by atoms with Crippen LogP contribution in [0.4, 0.5) is 0 Å². The van der Waals surface area contributed by atoms with Crippen molar-refractivity contribution in [3.63, 3.8) is 0 Å². The number of hydrogen-bond donors (Lipinski definition) is 1. The number of piperidine rings is 1. The molecule has 0 aromatic heterocycles. The van der Waals surface area contributed by atoms with Crippen molar-refractivity contribution in [2.24, 2.45) is 5.41 Å². The summed E-state index contributed by atoms with van der Waals surface area (Å²) in [6.07, 6.45) is 6.41. The lowest BCUT2D eigenvalue weighted by atomic mass is 9.76. The van der Waals surface area contributed by atoms with E-state index in [1.807, 2.05) is 4.90 Å². The average molecular weight is 282 g/mol. The number of nitrogens with one attached hydrogen (secondary N) is 1. The molecule has 0 unspecified atom stereocenters. The van der Waals surface area contributed by atoms with Gasteiger partial charge in [0.1, 0.15) is 0 Å². The lowest BCUT2D eigenvalue weighted by Crippen LogP contribution is -2.50. The summed E-state index contributed by atoms with van der Waals surface area (Å²) >= 11 is 0. The van der Waals surface area contributed by atoms with Crippen LogP contribution in [-0.4, -0.2) is 49.6 Å². The molecule has 1 aliphatic carbocycles. The zero-order valence-corrected chi connectivity index (χ0v) is 12.6. The standard InChI is InChI=1S/C15H26N2O3/c1-12(18)16-9-6-14(19)17-10-4-8-15(11-17)7-3-5-13(15)20-2/h13H,3-11H2,1-2H3,(H,16,18)/t13-,15+/m1/s1. The summed E-state index contributed by atoms with van der Waals surface area (Å²) in [5, 5.41) is 2.69. The highest BCUT2D eigenvalue weighted by Crippen LogP contribution is 2.46. The molecule has 0 radical (unpaired) electrons. The minimum Gasteiger partial charge on any atom is -0.381 e. The molecule has 5 nitrogen and oxygen atoms in total. The van der Waals surface area contributed by atoms with E-state index in [9.17, 15) is 9.59 Å². The Bertz CT molecular complexity index is 372. The summed E-state index contributed by atoms with van der Waals surface area (Å²) in [5.41, 5.74) is 0.177. The molecule has 2 atom stereocenters. The number of rotatable bonds is 4. The van der Waals surface area contributed by atoms with Gasteiger partial charge in [-0.25, -0.2) is 0 Å². The van der Waals surface area contributed by atoms with Gasteiger partial charge in [-0.3, -0.25) is 9.59 Å². The molecule has 0 bridgehead atoms. The molecule has 2 aliphatic rings. The number of methoxy groups -OCH3 is 1. The fourth-order valence-corrected chi connectivity index (χ4v) is 3.82. The van der Waals surface area contributed by atoms with Gasteiger partial charge >= 0.3 is 0 Å². The molecular formula is C15H26N2O3. The van der Waals surface area contributed by atoms with Crippen molar-refractivity contribution in [1.29, 1.82) is 0 Å². The summed E-state index contributed by atoms with van der Waals surface area (Å²) in [6, 6.07) is 0. The molecule has 1 saturated carbocycles. The highest BCUT2D eigenvalue weighted by Gasteiger charge is 2.46. The fraction of sp³-hybridized carbons (Fsp3) is 0.867. The molecule has 1 N–H and O–H groups in total. The second-order valence-electron chi connectivity index (χ2n) is 6.13. The Morgan fingerprint density at radius 3 is 2.80 bits per heavy atom. The summed E-state index contributed by atoms with van der Waals surface area (Å²) in [5.74, 6) is 0.0720. The van der Waals surface area contributed by atoms with E-state index in [2.05, 4.69) is 5.32 Å². The van der Waals surface area contributed by atoms with E-state index in [0.717, 1.165) is 25.9 Å². The van der Waals surface area contributed by atoms with Crippen molar-refractivity contribution in [3.05, 3.63) is 0 Å². The van der Waals surface area contributed by atoms with Crippen LogP contribution in [0.1, 0.15) is 45.4 Å². The lowest BCUT2D eigenvalue weighted by Gasteiger charge is -2.43. The molecule has 0 aromatic rings. The Hall–Kier alpha value is -1.10. The second-order valence-corrected chi connectivity index (χ2v) is 6.13. The summed E-state index contributed by atoms with van der Waals surface area (Å²) < 4.78 is 5.65. The SMILES string of the molecule is CO[C@@H]1CCC[C@@]12CCCN(C(=O)CCNC(C)=O)C2. The molecule has 114 valence electrons. The lowest BCUT2D eigenvalue weighted by molar-refractivity contribution is -0.137. The highest BCUT2D eigenvalue weighted by molar-refractivity contribution is 5.78. The van der Waals surface area contributed by atoms with Gasteiger partial charge in [0.25, 0.3) is 0 Å².